The highest BCUT2D eigenvalue weighted by Gasteiger charge is 2.19. The van der Waals surface area contributed by atoms with Crippen molar-refractivity contribution in [3.05, 3.63) is 0 Å². The molecule has 0 fully saturated rings. The highest BCUT2D eigenvalue weighted by molar-refractivity contribution is 5.71. The van der Waals surface area contributed by atoms with Gasteiger partial charge in [0.05, 0.1) is 0 Å². The lowest BCUT2D eigenvalue weighted by atomic mass is 10.0. The van der Waals surface area contributed by atoms with Gasteiger partial charge in [0, 0.05) is 19.3 Å². The van der Waals surface area contributed by atoms with Crippen LogP contribution >= 0.6 is 0 Å². The van der Waals surface area contributed by atoms with E-state index >= 15 is 0 Å². The van der Waals surface area contributed by atoms with Gasteiger partial charge in [0.2, 0.25) is 0 Å². The standard InChI is InChI=1S/C55H106O6/c1-6-7-8-9-10-11-18-27-32-37-42-47-55(58)61-52(49-60-54(57)46-41-36-31-26-22-17-20-24-29-34-39-44-51(4)5)48-59-53(56)45-40-35-30-25-21-16-14-12-13-15-19-23-28-33-38-43-50(2)3/h50-52H,6-49H2,1-5H3/t52-/m0/s1. The summed E-state index contributed by atoms with van der Waals surface area (Å²) in [6, 6.07) is 0. The molecule has 0 N–H and O–H groups in total. The largest absolute Gasteiger partial charge is 0.462 e. The quantitative estimate of drug-likeness (QED) is 0.0344. The van der Waals surface area contributed by atoms with E-state index in [9.17, 15) is 14.4 Å². The van der Waals surface area contributed by atoms with Crippen molar-refractivity contribution >= 4 is 17.9 Å². The van der Waals surface area contributed by atoms with Crippen molar-refractivity contribution < 1.29 is 28.6 Å². The molecule has 0 saturated heterocycles. The molecular weight excluding hydrogens is 757 g/mol. The summed E-state index contributed by atoms with van der Waals surface area (Å²) in [7, 11) is 0. The van der Waals surface area contributed by atoms with E-state index in [0.717, 1.165) is 69.6 Å². The van der Waals surface area contributed by atoms with E-state index in [4.69, 9.17) is 14.2 Å². The van der Waals surface area contributed by atoms with Crippen molar-refractivity contribution in [1.29, 1.82) is 0 Å². The zero-order chi connectivity index (χ0) is 44.7. The lowest BCUT2D eigenvalue weighted by Gasteiger charge is -2.18. The molecule has 0 rings (SSSR count). The number of hydrogen-bond donors (Lipinski definition) is 0. The molecule has 0 unspecified atom stereocenters. The molecule has 6 nitrogen and oxygen atoms in total. The minimum atomic E-state index is -0.761. The molecule has 0 aromatic rings. The smallest absolute Gasteiger partial charge is 0.306 e. The molecule has 0 aliphatic rings. The van der Waals surface area contributed by atoms with E-state index in [1.54, 1.807) is 0 Å². The average molecular weight is 863 g/mol. The molecule has 0 aromatic carbocycles. The van der Waals surface area contributed by atoms with Crippen LogP contribution in [-0.4, -0.2) is 37.2 Å². The van der Waals surface area contributed by atoms with E-state index in [2.05, 4.69) is 34.6 Å². The monoisotopic (exact) mass is 863 g/mol. The summed E-state index contributed by atoms with van der Waals surface area (Å²) < 4.78 is 16.8. The van der Waals surface area contributed by atoms with Crippen LogP contribution in [-0.2, 0) is 28.6 Å². The second kappa shape index (κ2) is 47.9. The Bertz CT molecular complexity index is 931. The van der Waals surface area contributed by atoms with E-state index < -0.39 is 6.10 Å². The molecule has 0 saturated carbocycles. The van der Waals surface area contributed by atoms with Gasteiger partial charge >= 0.3 is 17.9 Å². The first-order valence-electron chi connectivity index (χ1n) is 27.2. The lowest BCUT2D eigenvalue weighted by molar-refractivity contribution is -0.167. The molecule has 6 heteroatoms. The summed E-state index contributed by atoms with van der Waals surface area (Å²) in [6.07, 6.45) is 49.5. The zero-order valence-corrected chi connectivity index (χ0v) is 41.8. The van der Waals surface area contributed by atoms with Crippen LogP contribution < -0.4 is 0 Å². The first-order chi connectivity index (χ1) is 29.7. The van der Waals surface area contributed by atoms with Crippen molar-refractivity contribution in [3.63, 3.8) is 0 Å². The van der Waals surface area contributed by atoms with Crippen LogP contribution in [0.5, 0.6) is 0 Å². The van der Waals surface area contributed by atoms with Gasteiger partial charge in [0.15, 0.2) is 6.10 Å². The van der Waals surface area contributed by atoms with Crippen molar-refractivity contribution in [3.8, 4) is 0 Å². The summed E-state index contributed by atoms with van der Waals surface area (Å²) in [6.45, 7) is 11.4. The van der Waals surface area contributed by atoms with E-state index in [1.807, 2.05) is 0 Å². The maximum absolute atomic E-state index is 12.8. The van der Waals surface area contributed by atoms with Crippen LogP contribution in [0.3, 0.4) is 0 Å². The van der Waals surface area contributed by atoms with E-state index in [1.165, 1.54) is 193 Å². The Kier molecular flexibility index (Phi) is 46.6. The van der Waals surface area contributed by atoms with Gasteiger partial charge in [-0.1, -0.05) is 266 Å². The van der Waals surface area contributed by atoms with Gasteiger partial charge in [-0.05, 0) is 31.1 Å². The fourth-order valence-electron chi connectivity index (χ4n) is 8.34. The van der Waals surface area contributed by atoms with Crippen LogP contribution in [0.15, 0.2) is 0 Å². The van der Waals surface area contributed by atoms with Crippen LogP contribution in [0.2, 0.25) is 0 Å². The van der Waals surface area contributed by atoms with Gasteiger partial charge in [0.1, 0.15) is 13.2 Å². The van der Waals surface area contributed by atoms with Crippen LogP contribution in [0.4, 0.5) is 0 Å². The maximum Gasteiger partial charge on any atom is 0.306 e. The van der Waals surface area contributed by atoms with E-state index in [-0.39, 0.29) is 31.1 Å². The van der Waals surface area contributed by atoms with Crippen molar-refractivity contribution in [2.75, 3.05) is 13.2 Å². The molecule has 0 amide bonds. The summed E-state index contributed by atoms with van der Waals surface area (Å²) in [5, 5.41) is 0. The maximum atomic E-state index is 12.8. The van der Waals surface area contributed by atoms with Crippen LogP contribution in [0.1, 0.15) is 304 Å². The number of carbonyl (C=O) groups excluding carboxylic acids is 3. The molecule has 0 bridgehead atoms. The molecule has 0 radical (unpaired) electrons. The van der Waals surface area contributed by atoms with Gasteiger partial charge in [-0.15, -0.1) is 0 Å². The number of hydrogen-bond acceptors (Lipinski definition) is 6. The predicted molar refractivity (Wildman–Crippen MR) is 261 cm³/mol. The third-order valence-electron chi connectivity index (χ3n) is 12.5. The minimum Gasteiger partial charge on any atom is -0.462 e. The van der Waals surface area contributed by atoms with Gasteiger partial charge < -0.3 is 14.2 Å². The second-order valence-electron chi connectivity index (χ2n) is 19.8. The molecule has 0 heterocycles. The van der Waals surface area contributed by atoms with Crippen molar-refractivity contribution in [1.82, 2.24) is 0 Å². The van der Waals surface area contributed by atoms with Crippen LogP contribution in [0, 0.1) is 11.8 Å². The molecule has 1 atom stereocenters. The summed E-state index contributed by atoms with van der Waals surface area (Å²) >= 11 is 0. The highest BCUT2D eigenvalue weighted by atomic mass is 16.6. The fraction of sp³-hybridized carbons (Fsp3) is 0.945. The molecule has 61 heavy (non-hydrogen) atoms. The molecule has 0 aromatic heterocycles. The van der Waals surface area contributed by atoms with Gasteiger partial charge in [-0.3, -0.25) is 14.4 Å². The third kappa shape index (κ3) is 49.3. The normalized spacial score (nSPS) is 12.0. The molecular formula is C55H106O6. The number of rotatable bonds is 49. The molecule has 0 aliphatic carbocycles. The predicted octanol–water partition coefficient (Wildman–Crippen LogP) is 17.7. The fourth-order valence-corrected chi connectivity index (χ4v) is 8.34. The summed E-state index contributed by atoms with van der Waals surface area (Å²) in [5.41, 5.74) is 0. The Labute approximate surface area is 380 Å². The van der Waals surface area contributed by atoms with E-state index in [0.29, 0.717) is 19.3 Å². The van der Waals surface area contributed by atoms with Gasteiger partial charge in [-0.2, -0.15) is 0 Å². The molecule has 0 spiro atoms. The summed E-state index contributed by atoms with van der Waals surface area (Å²) in [5.74, 6) is 0.831. The first-order valence-corrected chi connectivity index (χ1v) is 27.2. The molecule has 362 valence electrons. The first kappa shape index (κ1) is 59.4. The average Bonchev–Trinajstić information content (AvgIpc) is 3.23. The third-order valence-corrected chi connectivity index (χ3v) is 12.5. The molecule has 0 aliphatic heterocycles. The van der Waals surface area contributed by atoms with Crippen molar-refractivity contribution in [2.45, 2.75) is 310 Å². The Morgan fingerprint density at radius 1 is 0.311 bits per heavy atom. The van der Waals surface area contributed by atoms with Gasteiger partial charge in [0.25, 0.3) is 0 Å². The minimum absolute atomic E-state index is 0.0631. The number of carbonyl (C=O) groups is 3. The number of ether oxygens (including phenoxy) is 3. The Morgan fingerprint density at radius 3 is 0.803 bits per heavy atom. The Hall–Kier alpha value is -1.59. The number of esters is 3. The summed E-state index contributed by atoms with van der Waals surface area (Å²) in [4.78, 5) is 38.0. The lowest BCUT2D eigenvalue weighted by Crippen LogP contribution is -2.30. The zero-order valence-electron chi connectivity index (χ0n) is 41.8. The second-order valence-corrected chi connectivity index (χ2v) is 19.8. The van der Waals surface area contributed by atoms with Gasteiger partial charge in [-0.25, -0.2) is 0 Å². The van der Waals surface area contributed by atoms with Crippen LogP contribution in [0.25, 0.3) is 0 Å². The Morgan fingerprint density at radius 2 is 0.541 bits per heavy atom. The van der Waals surface area contributed by atoms with Crippen molar-refractivity contribution in [2.24, 2.45) is 11.8 Å². The topological polar surface area (TPSA) is 78.9 Å². The highest BCUT2D eigenvalue weighted by Crippen LogP contribution is 2.18. The number of unbranched alkanes of at least 4 members (excludes halogenated alkanes) is 34. The SMILES string of the molecule is CCCCCCCCCCCCCC(=O)O[C@@H](COC(=O)CCCCCCCCCCCCCCCCCC(C)C)COC(=O)CCCCCCCCCCCCCC(C)C. The Balaban J connectivity index is 4.26.